The molecule has 1 N–H and O–H groups in total. The highest BCUT2D eigenvalue weighted by atomic mass is 16.4. The largest absolute Gasteiger partial charge is 0.478 e. The molecule has 1 saturated carbocycles. The summed E-state index contributed by atoms with van der Waals surface area (Å²) in [5.74, 6) is 2.17. The summed E-state index contributed by atoms with van der Waals surface area (Å²) in [5.41, 5.74) is 1.05. The first-order chi connectivity index (χ1) is 13.7. The molecule has 1 aliphatic carbocycles. The van der Waals surface area contributed by atoms with Crippen LogP contribution in [0.5, 0.6) is 0 Å². The molecule has 1 aliphatic heterocycles. The van der Waals surface area contributed by atoms with E-state index in [1.54, 1.807) is 6.07 Å². The number of rotatable bonds is 5. The number of piperidine rings is 1. The number of nitrogens with zero attached hydrogens (tertiary/aromatic N) is 4. The van der Waals surface area contributed by atoms with Crippen LogP contribution in [-0.4, -0.2) is 38.7 Å². The average molecular weight is 376 g/mol. The second-order valence-corrected chi connectivity index (χ2v) is 8.02. The summed E-state index contributed by atoms with van der Waals surface area (Å²) in [6.07, 6.45) is 8.83. The molecule has 1 atom stereocenters. The Kier molecular flexibility index (Phi) is 4.26. The van der Waals surface area contributed by atoms with Crippen molar-refractivity contribution < 1.29 is 9.90 Å². The zero-order chi connectivity index (χ0) is 19.1. The number of aromatic carboxylic acids is 1. The molecule has 2 aromatic heterocycles. The van der Waals surface area contributed by atoms with Gasteiger partial charge in [0, 0.05) is 43.3 Å². The monoisotopic (exact) mass is 376 g/mol. The van der Waals surface area contributed by atoms with Gasteiger partial charge in [-0.25, -0.2) is 14.8 Å². The maximum atomic E-state index is 11.8. The van der Waals surface area contributed by atoms with Crippen molar-refractivity contribution in [1.82, 2.24) is 14.5 Å². The van der Waals surface area contributed by atoms with Crippen LogP contribution in [0.25, 0.3) is 10.9 Å². The van der Waals surface area contributed by atoms with Crippen molar-refractivity contribution in [2.45, 2.75) is 38.1 Å². The Hall–Kier alpha value is -2.89. The van der Waals surface area contributed by atoms with Crippen LogP contribution in [0.2, 0.25) is 0 Å². The number of aromatic nitrogens is 3. The van der Waals surface area contributed by atoms with E-state index in [0.717, 1.165) is 55.6 Å². The molecule has 1 aromatic carbocycles. The number of hydrogen-bond donors (Lipinski definition) is 1. The van der Waals surface area contributed by atoms with Gasteiger partial charge in [0.05, 0.1) is 11.1 Å². The average Bonchev–Trinajstić information content (AvgIpc) is 3.42. The van der Waals surface area contributed by atoms with Gasteiger partial charge >= 0.3 is 5.97 Å². The Balaban J connectivity index is 1.45. The molecule has 0 amide bonds. The fourth-order valence-corrected chi connectivity index (χ4v) is 4.31. The van der Waals surface area contributed by atoms with E-state index in [1.165, 1.54) is 12.8 Å². The Morgan fingerprint density at radius 3 is 2.89 bits per heavy atom. The molecule has 3 aromatic rings. The number of para-hydroxylation sites is 1. The highest BCUT2D eigenvalue weighted by molar-refractivity contribution is 6.03. The van der Waals surface area contributed by atoms with E-state index in [1.807, 2.05) is 30.5 Å². The first kappa shape index (κ1) is 17.2. The lowest BCUT2D eigenvalue weighted by atomic mass is 9.96. The molecule has 1 unspecified atom stereocenters. The van der Waals surface area contributed by atoms with Crippen molar-refractivity contribution >= 4 is 22.7 Å². The zero-order valence-corrected chi connectivity index (χ0v) is 15.8. The Morgan fingerprint density at radius 1 is 1.21 bits per heavy atom. The van der Waals surface area contributed by atoms with Crippen LogP contribution in [-0.2, 0) is 6.54 Å². The molecule has 144 valence electrons. The maximum absolute atomic E-state index is 11.8. The van der Waals surface area contributed by atoms with Crippen LogP contribution in [0.3, 0.4) is 0 Å². The minimum atomic E-state index is -0.909. The third kappa shape index (κ3) is 3.23. The van der Waals surface area contributed by atoms with E-state index in [9.17, 15) is 9.90 Å². The number of hydrogen-bond acceptors (Lipinski definition) is 4. The van der Waals surface area contributed by atoms with E-state index < -0.39 is 5.97 Å². The van der Waals surface area contributed by atoms with Crippen LogP contribution >= 0.6 is 0 Å². The number of benzene rings is 1. The highest BCUT2D eigenvalue weighted by Gasteiger charge is 2.28. The van der Waals surface area contributed by atoms with Gasteiger partial charge in [0.2, 0.25) is 0 Å². The quantitative estimate of drug-likeness (QED) is 0.731. The van der Waals surface area contributed by atoms with Crippen LogP contribution in [0.4, 0.5) is 5.82 Å². The molecule has 28 heavy (non-hydrogen) atoms. The molecule has 1 saturated heterocycles. The molecule has 3 heterocycles. The predicted octanol–water partition coefficient (Wildman–Crippen LogP) is 3.92. The first-order valence-corrected chi connectivity index (χ1v) is 10.1. The van der Waals surface area contributed by atoms with Crippen molar-refractivity contribution in [1.29, 1.82) is 0 Å². The molecular formula is C22H24N4O2. The van der Waals surface area contributed by atoms with E-state index in [-0.39, 0.29) is 0 Å². The Labute approximate surface area is 163 Å². The van der Waals surface area contributed by atoms with Gasteiger partial charge in [-0.15, -0.1) is 0 Å². The SMILES string of the molecule is O=C(O)c1cc(N2CCCC(c3nccn3CC3CC3)C2)nc2ccccc12. The standard InChI is InChI=1S/C22H24N4O2/c27-22(28)18-12-20(24-19-6-2-1-5-17(18)19)25-10-3-4-16(14-25)21-23-9-11-26(21)13-15-7-8-15/h1-2,5-6,9,11-12,15-16H,3-4,7-8,10,13-14H2,(H,27,28). The highest BCUT2D eigenvalue weighted by Crippen LogP contribution is 2.34. The number of carboxylic acid groups (broad SMARTS) is 1. The topological polar surface area (TPSA) is 71.2 Å². The van der Waals surface area contributed by atoms with Gasteiger partial charge in [-0.2, -0.15) is 0 Å². The van der Waals surface area contributed by atoms with Crippen LogP contribution in [0.1, 0.15) is 47.8 Å². The van der Waals surface area contributed by atoms with Crippen LogP contribution in [0, 0.1) is 5.92 Å². The lowest BCUT2D eigenvalue weighted by molar-refractivity contribution is 0.0699. The van der Waals surface area contributed by atoms with E-state index in [4.69, 9.17) is 4.98 Å². The van der Waals surface area contributed by atoms with Gasteiger partial charge < -0.3 is 14.6 Å². The van der Waals surface area contributed by atoms with Crippen LogP contribution in [0.15, 0.2) is 42.7 Å². The number of carbonyl (C=O) groups is 1. The van der Waals surface area contributed by atoms with Gasteiger partial charge in [-0.1, -0.05) is 18.2 Å². The van der Waals surface area contributed by atoms with Crippen LogP contribution < -0.4 is 4.90 Å². The number of pyridine rings is 1. The summed E-state index contributed by atoms with van der Waals surface area (Å²) in [4.78, 5) is 23.5. The third-order valence-corrected chi connectivity index (χ3v) is 5.94. The van der Waals surface area contributed by atoms with Crippen molar-refractivity contribution in [3.05, 3.63) is 54.1 Å². The van der Waals surface area contributed by atoms with Gasteiger partial charge in [-0.05, 0) is 43.7 Å². The van der Waals surface area contributed by atoms with Crippen molar-refractivity contribution in [2.75, 3.05) is 18.0 Å². The lowest BCUT2D eigenvalue weighted by Gasteiger charge is -2.34. The predicted molar refractivity (Wildman–Crippen MR) is 108 cm³/mol. The summed E-state index contributed by atoms with van der Waals surface area (Å²) >= 11 is 0. The van der Waals surface area contributed by atoms with Crippen molar-refractivity contribution in [3.63, 3.8) is 0 Å². The zero-order valence-electron chi connectivity index (χ0n) is 15.8. The fourth-order valence-electron chi connectivity index (χ4n) is 4.31. The van der Waals surface area contributed by atoms with Crippen molar-refractivity contribution in [2.24, 2.45) is 5.92 Å². The number of anilines is 1. The smallest absolute Gasteiger partial charge is 0.336 e. The molecule has 0 spiro atoms. The van der Waals surface area contributed by atoms with Gasteiger partial charge in [0.25, 0.3) is 0 Å². The third-order valence-electron chi connectivity index (χ3n) is 5.94. The summed E-state index contributed by atoms with van der Waals surface area (Å²) in [5, 5.41) is 10.4. The summed E-state index contributed by atoms with van der Waals surface area (Å²) in [6, 6.07) is 9.19. The summed E-state index contributed by atoms with van der Waals surface area (Å²) in [6.45, 7) is 2.79. The number of imidazole rings is 1. The normalized spacial score (nSPS) is 19.9. The molecule has 5 rings (SSSR count). The molecule has 0 bridgehead atoms. The van der Waals surface area contributed by atoms with E-state index in [0.29, 0.717) is 16.9 Å². The fraction of sp³-hybridized carbons (Fsp3) is 0.409. The molecule has 2 fully saturated rings. The van der Waals surface area contributed by atoms with Gasteiger partial charge in [0.15, 0.2) is 0 Å². The minimum Gasteiger partial charge on any atom is -0.478 e. The molecule has 6 heteroatoms. The summed E-state index contributed by atoms with van der Waals surface area (Å²) < 4.78 is 2.32. The van der Waals surface area contributed by atoms with Crippen molar-refractivity contribution in [3.8, 4) is 0 Å². The van der Waals surface area contributed by atoms with E-state index >= 15 is 0 Å². The second-order valence-electron chi connectivity index (χ2n) is 8.02. The number of fused-ring (bicyclic) bond motifs is 1. The lowest BCUT2D eigenvalue weighted by Crippen LogP contribution is -2.36. The molecular weight excluding hydrogens is 352 g/mol. The van der Waals surface area contributed by atoms with Gasteiger partial charge in [0.1, 0.15) is 11.6 Å². The molecule has 6 nitrogen and oxygen atoms in total. The maximum Gasteiger partial charge on any atom is 0.336 e. The summed E-state index contributed by atoms with van der Waals surface area (Å²) in [7, 11) is 0. The van der Waals surface area contributed by atoms with E-state index in [2.05, 4.69) is 20.6 Å². The Bertz CT molecular complexity index is 1020. The second kappa shape index (κ2) is 6.93. The molecule has 0 radical (unpaired) electrons. The van der Waals surface area contributed by atoms with Gasteiger partial charge in [-0.3, -0.25) is 0 Å². The molecule has 2 aliphatic rings. The minimum absolute atomic E-state index is 0.318. The number of carboxylic acids is 1. The first-order valence-electron chi connectivity index (χ1n) is 10.1. The Morgan fingerprint density at radius 2 is 2.07 bits per heavy atom.